The number of benzene rings is 3. The summed E-state index contributed by atoms with van der Waals surface area (Å²) >= 11 is 5.24. The molecular formula is C45H39O3OsPS2+. The summed E-state index contributed by atoms with van der Waals surface area (Å²) in [6.07, 6.45) is 8.30. The van der Waals surface area contributed by atoms with Gasteiger partial charge >= 0.3 is 309 Å². The van der Waals surface area contributed by atoms with Crippen LogP contribution in [0.4, 0.5) is 0 Å². The van der Waals surface area contributed by atoms with Gasteiger partial charge in [-0.3, -0.25) is 0 Å². The second kappa shape index (κ2) is 16.5. The van der Waals surface area contributed by atoms with E-state index in [-0.39, 0.29) is 12.2 Å². The summed E-state index contributed by atoms with van der Waals surface area (Å²) in [4.78, 5) is 4.52. The Morgan fingerprint density at radius 2 is 1.31 bits per heavy atom. The summed E-state index contributed by atoms with van der Waals surface area (Å²) in [5, 5.41) is 4.89. The molecule has 261 valence electrons. The van der Waals surface area contributed by atoms with Gasteiger partial charge in [-0.1, -0.05) is 6.08 Å². The molecule has 0 saturated carbocycles. The number of rotatable bonds is 8. The average molecular weight is 913 g/mol. The van der Waals surface area contributed by atoms with Crippen LogP contribution in [0.5, 0.6) is 0 Å². The van der Waals surface area contributed by atoms with Crippen molar-refractivity contribution >= 4 is 51.9 Å². The van der Waals surface area contributed by atoms with E-state index in [9.17, 15) is 0 Å². The molecule has 7 rings (SSSR count). The quantitative estimate of drug-likeness (QED) is 0.115. The van der Waals surface area contributed by atoms with E-state index in [1.165, 1.54) is 36.8 Å². The van der Waals surface area contributed by atoms with Gasteiger partial charge in [-0.25, -0.2) is 0 Å². The van der Waals surface area contributed by atoms with Gasteiger partial charge in [0.1, 0.15) is 0 Å². The van der Waals surface area contributed by atoms with Crippen molar-refractivity contribution in [3.8, 4) is 16.2 Å². The number of fused-ring (bicyclic) bond motifs is 2. The molecule has 1 aliphatic carbocycles. The van der Waals surface area contributed by atoms with Crippen LogP contribution in [0.2, 0.25) is 0 Å². The van der Waals surface area contributed by atoms with Crippen LogP contribution in [0.3, 0.4) is 0 Å². The van der Waals surface area contributed by atoms with Crippen LogP contribution in [0, 0.1) is 16.2 Å². The van der Waals surface area contributed by atoms with E-state index in [4.69, 9.17) is 14.2 Å². The third kappa shape index (κ3) is 6.79. The molecule has 0 amide bonds. The number of thiophene rings is 2. The van der Waals surface area contributed by atoms with E-state index in [0.717, 1.165) is 31.8 Å². The van der Waals surface area contributed by atoms with Gasteiger partial charge in [0, 0.05) is 0 Å². The third-order valence-electron chi connectivity index (χ3n) is 9.46. The Balaban J connectivity index is 1.48. The molecule has 5 aromatic rings. The van der Waals surface area contributed by atoms with Gasteiger partial charge in [0.15, 0.2) is 0 Å². The molecule has 3 aromatic carbocycles. The van der Waals surface area contributed by atoms with Crippen LogP contribution >= 0.6 is 29.9 Å². The van der Waals surface area contributed by atoms with Crippen LogP contribution < -0.4 is 15.9 Å². The molecule has 0 bridgehead atoms. The van der Waals surface area contributed by atoms with Crippen molar-refractivity contribution in [2.45, 2.75) is 26.1 Å². The zero-order valence-electron chi connectivity index (χ0n) is 29.5. The Labute approximate surface area is 325 Å². The van der Waals surface area contributed by atoms with Crippen LogP contribution in [0.15, 0.2) is 143 Å². The first-order valence-electron chi connectivity index (χ1n) is 17.1. The fourth-order valence-electron chi connectivity index (χ4n) is 7.14. The van der Waals surface area contributed by atoms with Crippen LogP contribution in [0.25, 0.3) is 6.08 Å². The van der Waals surface area contributed by atoms with Gasteiger partial charge in [0.2, 0.25) is 0 Å². The molecular weight excluding hydrogens is 874 g/mol. The van der Waals surface area contributed by atoms with Gasteiger partial charge in [0.25, 0.3) is 0 Å². The zero-order valence-corrected chi connectivity index (χ0v) is 34.6. The average Bonchev–Trinajstić information content (AvgIpc) is 3.94. The van der Waals surface area contributed by atoms with E-state index in [2.05, 4.69) is 151 Å². The van der Waals surface area contributed by atoms with Crippen LogP contribution in [-0.2, 0) is 32.2 Å². The number of allylic oxidation sites excluding steroid dienone is 5. The fraction of sp³-hybridized carbons (Fsp3) is 0.178. The molecule has 3 nitrogen and oxygen atoms in total. The summed E-state index contributed by atoms with van der Waals surface area (Å²) in [5.74, 6) is 7.41. The summed E-state index contributed by atoms with van der Waals surface area (Å²) in [6.45, 7) is 5.28. The molecule has 0 radical (unpaired) electrons. The molecule has 2 unspecified atom stereocenters. The van der Waals surface area contributed by atoms with E-state index >= 15 is 0 Å². The number of hydrogen-bond acceptors (Lipinski definition) is 5. The Morgan fingerprint density at radius 1 is 0.769 bits per heavy atom. The van der Waals surface area contributed by atoms with Crippen molar-refractivity contribution in [1.82, 2.24) is 0 Å². The maximum absolute atomic E-state index is 6.17. The van der Waals surface area contributed by atoms with Gasteiger partial charge < -0.3 is 0 Å². The van der Waals surface area contributed by atoms with Crippen LogP contribution in [-0.4, -0.2) is 27.4 Å². The normalized spacial score (nSPS) is 18.8. The first-order chi connectivity index (χ1) is 25.6. The summed E-state index contributed by atoms with van der Waals surface area (Å²) in [7, 11) is 1.11. The van der Waals surface area contributed by atoms with E-state index < -0.39 is 7.26 Å². The molecule has 1 fully saturated rings. The minimum atomic E-state index is -2.48. The standard InChI is InChI=1S/C45H39O3PS2.Os/c1-6-17-38-27-40-42(46-4)45-41(43(47-5)44(40)50-38)28-39(51-45)25-24-33(26-34-30-48-29-32(34)7-2)31(3)49(35-18-11-8-12-19-35,36-20-13-9-14-21-36)37-22-15-10-16-23-37;/h6-23,26-28,42-43H,29-30H2,1-2,4-5H3;/q+1;/b17-6+,32-7?,33-31?,34-26?;. The first-order valence-corrected chi connectivity index (χ1v) is 21.8. The van der Waals surface area contributed by atoms with Crippen molar-refractivity contribution in [2.24, 2.45) is 0 Å². The molecule has 3 heterocycles. The fourth-order valence-corrected chi connectivity index (χ4v) is 15.3. The monoisotopic (exact) mass is 914 g/mol. The van der Waals surface area contributed by atoms with Gasteiger partial charge in [-0.05, 0) is 13.0 Å². The summed E-state index contributed by atoms with van der Waals surface area (Å²) in [6, 6.07) is 37.2. The number of methoxy groups -OCH3 is 2. The predicted octanol–water partition coefficient (Wildman–Crippen LogP) is 9.64. The molecule has 2 aromatic heterocycles. The Hall–Kier alpha value is -3.69. The van der Waals surface area contributed by atoms with Crippen molar-refractivity contribution < 1.29 is 32.2 Å². The first kappa shape index (κ1) is 36.7. The summed E-state index contributed by atoms with van der Waals surface area (Å²) in [5.41, 5.74) is 5.60. The predicted molar refractivity (Wildman–Crippen MR) is 217 cm³/mol. The van der Waals surface area contributed by atoms with Crippen molar-refractivity contribution in [2.75, 3.05) is 27.4 Å². The molecule has 0 N–H and O–H groups in total. The second-order valence-corrected chi connectivity index (χ2v) is 18.6. The van der Waals surface area contributed by atoms with E-state index in [1.54, 1.807) is 54.8 Å². The van der Waals surface area contributed by atoms with Crippen molar-refractivity contribution in [3.63, 3.8) is 0 Å². The molecule has 2 atom stereocenters. The third-order valence-corrected chi connectivity index (χ3v) is 17.1. The zero-order chi connectivity index (χ0) is 36.1. The Morgan fingerprint density at radius 3 is 1.83 bits per heavy atom. The molecule has 7 heteroatoms. The van der Waals surface area contributed by atoms with Gasteiger partial charge in [0.05, 0.1) is 0 Å². The summed E-state index contributed by atoms with van der Waals surface area (Å²) < 4.78 is 22.1. The molecule has 52 heavy (non-hydrogen) atoms. The van der Waals surface area contributed by atoms with Gasteiger partial charge in [-0.2, -0.15) is 0 Å². The molecule has 2 aliphatic rings. The number of ether oxygens (including phenoxy) is 3. The van der Waals surface area contributed by atoms with E-state index in [1.807, 2.05) is 6.92 Å². The van der Waals surface area contributed by atoms with Gasteiger partial charge in [-0.15, -0.1) is 0 Å². The molecule has 1 saturated heterocycles. The molecule has 0 spiro atoms. The van der Waals surface area contributed by atoms with Crippen molar-refractivity contribution in [3.05, 3.63) is 174 Å². The Kier molecular flexibility index (Phi) is 11.7. The van der Waals surface area contributed by atoms with Crippen molar-refractivity contribution in [1.29, 1.82) is 0 Å². The second-order valence-electron chi connectivity index (χ2n) is 12.4. The Bertz CT molecular complexity index is 2150. The topological polar surface area (TPSA) is 27.7 Å². The maximum atomic E-state index is 6.17. The molecule has 1 aliphatic heterocycles. The van der Waals surface area contributed by atoms with E-state index in [0.29, 0.717) is 13.2 Å². The van der Waals surface area contributed by atoms with Crippen LogP contribution in [0.1, 0.15) is 56.7 Å². The SMILES string of the molecule is CC=C1COCC1=CC(C#Cc1cc2c(s1)C(OC)c1cc(/C=C/C)sc1C2OC)=C([C]#[Os])[P+](c1ccccc1)(c1ccccc1)c1ccccc1. The number of hydrogen-bond donors (Lipinski definition) is 0. The minimum absolute atomic E-state index is 0.167.